The Bertz CT molecular complexity index is 3200. The van der Waals surface area contributed by atoms with Crippen LogP contribution < -0.4 is 60.6 Å². The first-order valence-electron chi connectivity index (χ1n) is 25.8. The number of anilines is 5. The SMILES string of the molecule is COc1cc2c(cc1OCc1cc(COc3cc4c(cc3OC)C(=O)N3c5ccccc5C[C@H]3C(O)N4)cc(NC(=O)CNC(=O)CNC(=O)CNC(=O)[C@H]3CC[C@H](C(=O)CI)CC3)c1)NC[C@@H]1Cc3ccccc3N1C2=O. The molecule has 1 aliphatic carbocycles. The van der Waals surface area contributed by atoms with E-state index in [1.54, 1.807) is 41.3 Å². The Kier molecular flexibility index (Phi) is 16.0. The fourth-order valence-electron chi connectivity index (χ4n) is 11.0. The molecule has 0 aromatic heterocycles. The quantitative estimate of drug-likeness (QED) is 0.0436. The molecular formula is C57H59IN8O12. The number of nitrogens with zero attached hydrogens (tertiary/aromatic N) is 2. The van der Waals surface area contributed by atoms with Crippen molar-refractivity contribution in [3.05, 3.63) is 124 Å². The van der Waals surface area contributed by atoms with Crippen molar-refractivity contribution in [2.45, 2.75) is 70.1 Å². The summed E-state index contributed by atoms with van der Waals surface area (Å²) in [6, 6.07) is 26.6. The van der Waals surface area contributed by atoms with E-state index < -0.39 is 43.1 Å². The van der Waals surface area contributed by atoms with Crippen molar-refractivity contribution in [1.29, 1.82) is 0 Å². The van der Waals surface area contributed by atoms with Crippen LogP contribution in [0.3, 0.4) is 0 Å². The first-order chi connectivity index (χ1) is 37.8. The van der Waals surface area contributed by atoms with Gasteiger partial charge in [0.1, 0.15) is 25.2 Å². The molecule has 3 atom stereocenters. The number of ketones is 1. The average Bonchev–Trinajstić information content (AvgIpc) is 4.12. The molecule has 0 saturated heterocycles. The van der Waals surface area contributed by atoms with Crippen molar-refractivity contribution < 1.29 is 57.6 Å². The van der Waals surface area contributed by atoms with E-state index in [1.165, 1.54) is 14.2 Å². The van der Waals surface area contributed by atoms with Gasteiger partial charge in [0.25, 0.3) is 11.8 Å². The lowest BCUT2D eigenvalue weighted by Gasteiger charge is -2.26. The highest BCUT2D eigenvalue weighted by atomic mass is 127. The van der Waals surface area contributed by atoms with Gasteiger partial charge in [0.15, 0.2) is 23.0 Å². The molecule has 5 aromatic carbocycles. The average molecular weight is 1180 g/mol. The molecule has 406 valence electrons. The minimum atomic E-state index is -1.10. The van der Waals surface area contributed by atoms with Crippen LogP contribution in [0.25, 0.3) is 0 Å². The molecule has 1 fully saturated rings. The van der Waals surface area contributed by atoms with Crippen molar-refractivity contribution in [3.8, 4) is 23.0 Å². The number of hydrogen-bond acceptors (Lipinski definition) is 14. The van der Waals surface area contributed by atoms with E-state index in [1.807, 2.05) is 59.5 Å². The van der Waals surface area contributed by atoms with E-state index in [4.69, 9.17) is 18.9 Å². The van der Waals surface area contributed by atoms with Crippen molar-refractivity contribution in [3.63, 3.8) is 0 Å². The second-order valence-corrected chi connectivity index (χ2v) is 20.7. The summed E-state index contributed by atoms with van der Waals surface area (Å²) in [5.74, 6) is -1.46. The zero-order valence-corrected chi connectivity index (χ0v) is 45.1. The summed E-state index contributed by atoms with van der Waals surface area (Å²) in [6.07, 6.45) is 2.49. The molecule has 78 heavy (non-hydrogen) atoms. The van der Waals surface area contributed by atoms with Gasteiger partial charge in [0, 0.05) is 47.6 Å². The number of aliphatic hydroxyl groups is 1. The molecular weight excluding hydrogens is 1120 g/mol. The van der Waals surface area contributed by atoms with E-state index in [2.05, 4.69) is 54.5 Å². The summed E-state index contributed by atoms with van der Waals surface area (Å²) >= 11 is 2.05. The van der Waals surface area contributed by atoms with Gasteiger partial charge >= 0.3 is 0 Å². The number of rotatable bonds is 18. The lowest BCUT2D eigenvalue weighted by molar-refractivity contribution is -0.131. The zero-order valence-electron chi connectivity index (χ0n) is 42.9. The van der Waals surface area contributed by atoms with Gasteiger partial charge in [-0.3, -0.25) is 33.6 Å². The van der Waals surface area contributed by atoms with E-state index in [0.29, 0.717) is 88.3 Å². The van der Waals surface area contributed by atoms with Gasteiger partial charge in [-0.15, -0.1) is 0 Å². The number of fused-ring (bicyclic) bond motifs is 8. The normalized spacial score (nSPS) is 19.6. The molecule has 6 amide bonds. The molecule has 4 heterocycles. The Labute approximate surface area is 463 Å². The number of methoxy groups -OCH3 is 2. The minimum Gasteiger partial charge on any atom is -0.493 e. The van der Waals surface area contributed by atoms with Crippen LogP contribution in [0.4, 0.5) is 28.4 Å². The lowest BCUT2D eigenvalue weighted by atomic mass is 9.80. The maximum absolute atomic E-state index is 14.1. The Morgan fingerprint density at radius 3 is 1.81 bits per heavy atom. The van der Waals surface area contributed by atoms with E-state index >= 15 is 0 Å². The maximum Gasteiger partial charge on any atom is 0.260 e. The predicted molar refractivity (Wildman–Crippen MR) is 298 cm³/mol. The standard InChI is InChI=1S/C57H59IN8O12/c1-75-47-20-39-41(59-25-38-18-35-7-3-5-9-43(35)65(38)56(39)73)22-49(47)77-29-31-15-32(30-78-50-23-42-40(21-48(50)76-2)57(74)66-44-10-6-4-8-36(44)19-45(66)55(72)64-42)17-37(16-31)63-53(70)28-61-51(68)26-60-52(69)27-62-54(71)34-13-11-33(12-14-34)46(67)24-58/h3-10,15-17,20-23,33-34,38,45,55,59,64,72H,11-14,18-19,24-30H2,1-2H3,(H,60,69)(H,61,68)(H,62,71)(H,63,70)/t33-,34-,38-,45-,55?/m0/s1. The number of ether oxygens (including phenoxy) is 4. The second-order valence-electron chi connectivity index (χ2n) is 19.9. The fraction of sp³-hybridized carbons (Fsp3) is 0.351. The van der Waals surface area contributed by atoms with Gasteiger partial charge in [-0.25, -0.2) is 0 Å². The molecule has 0 spiro atoms. The molecule has 0 radical (unpaired) electrons. The van der Waals surface area contributed by atoms with Gasteiger partial charge in [0.2, 0.25) is 23.6 Å². The third-order valence-corrected chi connectivity index (χ3v) is 15.7. The molecule has 1 saturated carbocycles. The summed E-state index contributed by atoms with van der Waals surface area (Å²) in [7, 11) is 2.95. The van der Waals surface area contributed by atoms with Crippen LogP contribution in [0.15, 0.2) is 91.0 Å². The third kappa shape index (κ3) is 11.4. The summed E-state index contributed by atoms with van der Waals surface area (Å²) < 4.78 is 24.7. The maximum atomic E-state index is 14.1. The number of alkyl halides is 1. The van der Waals surface area contributed by atoms with Crippen LogP contribution in [0.1, 0.15) is 68.7 Å². The Hall–Kier alpha value is -7.92. The van der Waals surface area contributed by atoms with Crippen LogP contribution in [0.2, 0.25) is 0 Å². The van der Waals surface area contributed by atoms with Crippen LogP contribution in [-0.2, 0) is 50.0 Å². The van der Waals surface area contributed by atoms with E-state index in [-0.39, 0.29) is 78.2 Å². The van der Waals surface area contributed by atoms with Crippen molar-refractivity contribution >= 4 is 92.3 Å². The summed E-state index contributed by atoms with van der Waals surface area (Å²) in [4.78, 5) is 95.2. The molecule has 5 aliphatic rings. The highest BCUT2D eigenvalue weighted by molar-refractivity contribution is 14.1. The number of Topliss-reactive ketones (excluding diaryl/α,β-unsaturated/α-hetero) is 1. The van der Waals surface area contributed by atoms with Gasteiger partial charge in [0.05, 0.1) is 72.9 Å². The van der Waals surface area contributed by atoms with Crippen LogP contribution >= 0.6 is 22.6 Å². The minimum absolute atomic E-state index is 0.0310. The van der Waals surface area contributed by atoms with Gasteiger partial charge < -0.3 is 65.8 Å². The van der Waals surface area contributed by atoms with Crippen molar-refractivity contribution in [2.24, 2.45) is 11.8 Å². The highest BCUT2D eigenvalue weighted by Gasteiger charge is 2.43. The Balaban J connectivity index is 0.820. The highest BCUT2D eigenvalue weighted by Crippen LogP contribution is 2.43. The summed E-state index contributed by atoms with van der Waals surface area (Å²) in [5.41, 5.74) is 6.83. The lowest BCUT2D eigenvalue weighted by Crippen LogP contribution is -2.45. The number of carbonyl (C=O) groups excluding carboxylic acids is 7. The van der Waals surface area contributed by atoms with Gasteiger partial charge in [-0.05, 0) is 103 Å². The number of nitrogens with one attached hydrogen (secondary N) is 6. The third-order valence-electron chi connectivity index (χ3n) is 14.9. The van der Waals surface area contributed by atoms with Crippen LogP contribution in [0.5, 0.6) is 23.0 Å². The van der Waals surface area contributed by atoms with E-state index in [9.17, 15) is 38.7 Å². The number of amides is 6. The molecule has 0 bridgehead atoms. The van der Waals surface area contributed by atoms with Crippen molar-refractivity contribution in [2.75, 3.05) is 70.6 Å². The predicted octanol–water partition coefficient (Wildman–Crippen LogP) is 5.27. The number of benzene rings is 5. The van der Waals surface area contributed by atoms with Gasteiger partial charge in [-0.1, -0.05) is 59.0 Å². The Morgan fingerprint density at radius 1 is 0.641 bits per heavy atom. The van der Waals surface area contributed by atoms with Crippen LogP contribution in [-0.4, -0.2) is 109 Å². The summed E-state index contributed by atoms with van der Waals surface area (Å²) in [5, 5.41) is 28.3. The topological polar surface area (TPSA) is 255 Å². The number of hydrogen-bond donors (Lipinski definition) is 7. The van der Waals surface area contributed by atoms with Gasteiger partial charge in [-0.2, -0.15) is 0 Å². The Morgan fingerprint density at radius 2 is 1.18 bits per heavy atom. The number of carbonyl (C=O) groups is 7. The molecule has 7 N–H and O–H groups in total. The fourth-order valence-corrected chi connectivity index (χ4v) is 11.6. The first-order valence-corrected chi connectivity index (χ1v) is 27.3. The molecule has 21 heteroatoms. The molecule has 20 nitrogen and oxygen atoms in total. The zero-order chi connectivity index (χ0) is 54.6. The summed E-state index contributed by atoms with van der Waals surface area (Å²) in [6.45, 7) is -0.812. The van der Waals surface area contributed by atoms with Crippen molar-refractivity contribution in [1.82, 2.24) is 16.0 Å². The number of para-hydroxylation sites is 2. The molecule has 4 aliphatic heterocycles. The monoisotopic (exact) mass is 1170 g/mol. The second kappa shape index (κ2) is 23.4. The molecule has 5 aromatic rings. The number of aliphatic hydroxyl groups excluding tert-OH is 1. The molecule has 1 unspecified atom stereocenters. The first kappa shape index (κ1) is 53.5. The smallest absolute Gasteiger partial charge is 0.260 e. The van der Waals surface area contributed by atoms with Crippen LogP contribution in [0, 0.1) is 11.8 Å². The number of halogens is 1. The molecule has 10 rings (SSSR count). The largest absolute Gasteiger partial charge is 0.493 e. The van der Waals surface area contributed by atoms with E-state index in [0.717, 1.165) is 28.9 Å².